The smallest absolute Gasteiger partial charge is 0.209 e. The van der Waals surface area contributed by atoms with Gasteiger partial charge in [-0.3, -0.25) is 4.79 Å². The molecule has 0 bridgehead atoms. The van der Waals surface area contributed by atoms with E-state index in [0.29, 0.717) is 11.1 Å². The number of Topliss-reactive ketones (excluding diaryl/α,β-unsaturated/α-hetero) is 1. The Kier molecular flexibility index (Phi) is 5.29. The lowest BCUT2D eigenvalue weighted by Gasteiger charge is -2.29. The van der Waals surface area contributed by atoms with E-state index < -0.39 is 0 Å². The summed E-state index contributed by atoms with van der Waals surface area (Å²) in [5.74, 6) is 0.0793. The molecule has 5 rings (SSSR count). The molecule has 2 aromatic carbocycles. The maximum Gasteiger partial charge on any atom is 0.209 e. The van der Waals surface area contributed by atoms with Crippen LogP contribution in [0.15, 0.2) is 82.4 Å². The van der Waals surface area contributed by atoms with E-state index in [1.54, 1.807) is 0 Å². The third-order valence-electron chi connectivity index (χ3n) is 7.79. The van der Waals surface area contributed by atoms with Crippen LogP contribution in [0.5, 0.6) is 0 Å². The average Bonchev–Trinajstić information content (AvgIpc) is 3.19. The van der Waals surface area contributed by atoms with Crippen LogP contribution >= 0.6 is 12.6 Å². The molecule has 0 N–H and O–H groups in total. The van der Waals surface area contributed by atoms with E-state index in [0.717, 1.165) is 29.4 Å². The molecule has 0 aromatic heterocycles. The number of likely N-dealkylation sites (N-methyl/N-ethyl adjacent to an activating group) is 1. The third kappa shape index (κ3) is 3.04. The van der Waals surface area contributed by atoms with Crippen molar-refractivity contribution >= 4 is 35.5 Å². The second-order valence-electron chi connectivity index (χ2n) is 10.3. The lowest BCUT2D eigenvalue weighted by atomic mass is 9.78. The molecule has 0 saturated carbocycles. The maximum absolute atomic E-state index is 13.4. The summed E-state index contributed by atoms with van der Waals surface area (Å²) >= 11 is 4.83. The van der Waals surface area contributed by atoms with Crippen LogP contribution in [0.4, 0.5) is 11.4 Å². The first-order valence-electron chi connectivity index (χ1n) is 12.2. The zero-order valence-electron chi connectivity index (χ0n) is 20.9. The van der Waals surface area contributed by atoms with Gasteiger partial charge in [-0.1, -0.05) is 50.2 Å². The Morgan fingerprint density at radius 1 is 0.912 bits per heavy atom. The summed E-state index contributed by atoms with van der Waals surface area (Å²) in [5, 5.41) is 0. The first-order chi connectivity index (χ1) is 16.1. The molecule has 2 aliphatic heterocycles. The summed E-state index contributed by atoms with van der Waals surface area (Å²) in [5.41, 5.74) is 8.43. The number of carbonyl (C=O) groups excluding carboxylic acids is 1. The van der Waals surface area contributed by atoms with Crippen molar-refractivity contribution in [2.24, 2.45) is 0 Å². The molecule has 2 aromatic rings. The van der Waals surface area contributed by atoms with Crippen LogP contribution < -0.4 is 4.90 Å². The minimum Gasteiger partial charge on any atom is -0.344 e. The van der Waals surface area contributed by atoms with Crippen molar-refractivity contribution in [3.8, 4) is 0 Å². The van der Waals surface area contributed by atoms with Crippen molar-refractivity contribution in [1.82, 2.24) is 0 Å². The third-order valence-corrected chi connectivity index (χ3v) is 8.27. The van der Waals surface area contributed by atoms with Crippen molar-refractivity contribution in [3.05, 3.63) is 93.6 Å². The van der Waals surface area contributed by atoms with Crippen LogP contribution in [0.2, 0.25) is 0 Å². The quantitative estimate of drug-likeness (QED) is 0.315. The number of hydrogen-bond acceptors (Lipinski definition) is 3. The molecule has 0 saturated heterocycles. The molecule has 2 heterocycles. The fourth-order valence-corrected chi connectivity index (χ4v) is 6.20. The second kappa shape index (κ2) is 7.84. The Morgan fingerprint density at radius 2 is 1.56 bits per heavy atom. The highest BCUT2D eigenvalue weighted by Gasteiger charge is 2.46. The molecule has 4 heteroatoms. The zero-order valence-corrected chi connectivity index (χ0v) is 21.8. The first kappa shape index (κ1) is 22.9. The average molecular weight is 470 g/mol. The van der Waals surface area contributed by atoms with E-state index in [2.05, 4.69) is 112 Å². The number of para-hydroxylation sites is 2. The summed E-state index contributed by atoms with van der Waals surface area (Å²) in [6, 6.07) is 17.1. The number of ketones is 1. The molecule has 0 fully saturated rings. The van der Waals surface area contributed by atoms with Crippen LogP contribution in [-0.2, 0) is 15.6 Å². The molecule has 3 nitrogen and oxygen atoms in total. The van der Waals surface area contributed by atoms with Gasteiger partial charge in [-0.25, -0.2) is 0 Å². The minimum absolute atomic E-state index is 0.0793. The summed E-state index contributed by atoms with van der Waals surface area (Å²) in [6.45, 7) is 15.0. The molecule has 3 aliphatic rings. The van der Waals surface area contributed by atoms with Crippen LogP contribution in [0, 0.1) is 0 Å². The number of carbonyl (C=O) groups is 1. The van der Waals surface area contributed by atoms with Gasteiger partial charge in [-0.2, -0.15) is 4.58 Å². The summed E-state index contributed by atoms with van der Waals surface area (Å²) in [6.07, 6.45) is 4.14. The van der Waals surface area contributed by atoms with Gasteiger partial charge >= 0.3 is 0 Å². The molecule has 34 heavy (non-hydrogen) atoms. The van der Waals surface area contributed by atoms with Gasteiger partial charge in [0.2, 0.25) is 5.69 Å². The van der Waals surface area contributed by atoms with Crippen LogP contribution in [-0.4, -0.2) is 29.2 Å². The van der Waals surface area contributed by atoms with Crippen molar-refractivity contribution in [2.45, 2.75) is 52.4 Å². The highest BCUT2D eigenvalue weighted by atomic mass is 32.1. The van der Waals surface area contributed by atoms with Gasteiger partial charge in [0.25, 0.3) is 0 Å². The van der Waals surface area contributed by atoms with E-state index in [4.69, 9.17) is 12.6 Å². The number of thiol groups is 1. The SMILES string of the molecule is CCN1C(=CC2=C(S)C(=CC3=[N+](CC)c4ccccc4C3(C)C)C2=O)C(C)(C)c2ccccc21. The van der Waals surface area contributed by atoms with E-state index in [1.807, 2.05) is 0 Å². The fourth-order valence-electron chi connectivity index (χ4n) is 5.87. The number of rotatable bonds is 4. The molecule has 174 valence electrons. The number of nitrogens with zero attached hydrogens (tertiary/aromatic N) is 2. The minimum atomic E-state index is -0.170. The molecule has 0 atom stereocenters. The topological polar surface area (TPSA) is 23.3 Å². The van der Waals surface area contributed by atoms with Gasteiger partial charge in [0.15, 0.2) is 11.5 Å². The number of benzene rings is 2. The molecular formula is C30H33N2OS+. The van der Waals surface area contributed by atoms with Gasteiger partial charge in [-0.15, -0.1) is 12.6 Å². The van der Waals surface area contributed by atoms with E-state index in [-0.39, 0.29) is 16.6 Å². The molecule has 0 unspecified atom stereocenters. The van der Waals surface area contributed by atoms with Gasteiger partial charge in [-0.05, 0) is 45.4 Å². The normalized spacial score (nSPS) is 22.6. The van der Waals surface area contributed by atoms with E-state index >= 15 is 0 Å². The highest BCUT2D eigenvalue weighted by Crippen LogP contribution is 2.49. The Hall–Kier alpha value is -2.85. The number of allylic oxidation sites excluding steroid dienone is 5. The van der Waals surface area contributed by atoms with E-state index in [9.17, 15) is 4.79 Å². The number of hydrogen-bond donors (Lipinski definition) is 1. The highest BCUT2D eigenvalue weighted by molar-refractivity contribution is 7.85. The largest absolute Gasteiger partial charge is 0.344 e. The molecule has 0 spiro atoms. The number of anilines is 1. The van der Waals surface area contributed by atoms with E-state index in [1.165, 1.54) is 22.5 Å². The first-order valence-corrected chi connectivity index (χ1v) is 12.6. The summed E-state index contributed by atoms with van der Waals surface area (Å²) in [4.78, 5) is 16.5. The monoisotopic (exact) mass is 469 g/mol. The molecule has 0 amide bonds. The Bertz CT molecular complexity index is 1350. The lowest BCUT2D eigenvalue weighted by Crippen LogP contribution is -2.31. The Balaban J connectivity index is 1.58. The maximum atomic E-state index is 13.4. The molecule has 1 aliphatic carbocycles. The van der Waals surface area contributed by atoms with Gasteiger partial charge < -0.3 is 4.90 Å². The Morgan fingerprint density at radius 3 is 2.21 bits per heavy atom. The van der Waals surface area contributed by atoms with Gasteiger partial charge in [0.1, 0.15) is 6.54 Å². The van der Waals surface area contributed by atoms with Crippen molar-refractivity contribution < 1.29 is 9.37 Å². The second-order valence-corrected chi connectivity index (χ2v) is 10.8. The number of fused-ring (bicyclic) bond motifs is 2. The van der Waals surface area contributed by atoms with Crippen molar-refractivity contribution in [3.63, 3.8) is 0 Å². The standard InChI is InChI=1S/C30H32N2OS/c1-7-31-23-15-11-9-13-21(23)29(3,4)25(31)17-19-27(33)20(28(19)34)18-26-30(5,6)22-14-10-12-16-24(22)32(26)8-2/h9-18H,7-8H2,1-6H3/p+1. The van der Waals surface area contributed by atoms with Crippen molar-refractivity contribution in [2.75, 3.05) is 18.0 Å². The summed E-state index contributed by atoms with van der Waals surface area (Å²) in [7, 11) is 0. The lowest BCUT2D eigenvalue weighted by molar-refractivity contribution is -0.433. The summed E-state index contributed by atoms with van der Waals surface area (Å²) < 4.78 is 2.32. The zero-order chi connectivity index (χ0) is 24.4. The Labute approximate surface area is 208 Å². The predicted octanol–water partition coefficient (Wildman–Crippen LogP) is 6.48. The van der Waals surface area contributed by atoms with Crippen LogP contribution in [0.25, 0.3) is 0 Å². The molecule has 0 radical (unpaired) electrons. The predicted molar refractivity (Wildman–Crippen MR) is 145 cm³/mol. The van der Waals surface area contributed by atoms with Gasteiger partial charge in [0, 0.05) is 57.1 Å². The van der Waals surface area contributed by atoms with Gasteiger partial charge in [0.05, 0.1) is 5.41 Å². The molecular weight excluding hydrogens is 436 g/mol. The van der Waals surface area contributed by atoms with Crippen LogP contribution in [0.1, 0.15) is 52.7 Å². The fraction of sp³-hybridized carbons (Fsp3) is 0.333. The van der Waals surface area contributed by atoms with Crippen LogP contribution in [0.3, 0.4) is 0 Å². The van der Waals surface area contributed by atoms with Crippen molar-refractivity contribution in [1.29, 1.82) is 0 Å².